The van der Waals surface area contributed by atoms with Crippen LogP contribution in [0.4, 0.5) is 0 Å². The Morgan fingerprint density at radius 3 is 2.70 bits per heavy atom. The number of benzene rings is 1. The second kappa shape index (κ2) is 9.08. The van der Waals surface area contributed by atoms with Gasteiger partial charge in [-0.1, -0.05) is 0 Å². The topological polar surface area (TPSA) is 71.1 Å². The third kappa shape index (κ3) is 5.14. The van der Waals surface area contributed by atoms with Crippen LogP contribution in [0.15, 0.2) is 18.2 Å². The highest BCUT2D eigenvalue weighted by Gasteiger charge is 2.26. The molecule has 1 aromatic rings. The zero-order valence-corrected chi connectivity index (χ0v) is 17.9. The van der Waals surface area contributed by atoms with Crippen LogP contribution in [0.2, 0.25) is 0 Å². The molecule has 0 aromatic heterocycles. The van der Waals surface area contributed by atoms with Gasteiger partial charge >= 0.3 is 0 Å². The van der Waals surface area contributed by atoms with Crippen LogP contribution in [0, 0.1) is 0 Å². The minimum absolute atomic E-state index is 0.0192. The van der Waals surface area contributed by atoms with Crippen molar-refractivity contribution in [3.05, 3.63) is 29.3 Å². The second-order valence-corrected chi connectivity index (χ2v) is 8.34. The summed E-state index contributed by atoms with van der Waals surface area (Å²) in [6, 6.07) is 4.38. The van der Waals surface area contributed by atoms with E-state index < -0.39 is 0 Å². The summed E-state index contributed by atoms with van der Waals surface area (Å²) in [5.74, 6) is 1.73. The number of nitrogens with zero attached hydrogens (tertiary/aromatic N) is 2. The molecule has 7 nitrogen and oxygen atoms in total. The van der Waals surface area contributed by atoms with E-state index in [2.05, 4.69) is 17.1 Å². The van der Waals surface area contributed by atoms with Crippen LogP contribution in [-0.4, -0.2) is 73.1 Å². The molecule has 4 rings (SSSR count). The van der Waals surface area contributed by atoms with E-state index in [0.29, 0.717) is 45.4 Å². The number of amides is 2. The molecular weight excluding hydrogens is 382 g/mol. The number of rotatable bonds is 7. The molecule has 7 heteroatoms. The van der Waals surface area contributed by atoms with Crippen molar-refractivity contribution in [1.82, 2.24) is 15.1 Å². The van der Waals surface area contributed by atoms with Gasteiger partial charge in [-0.15, -0.1) is 0 Å². The third-order valence-corrected chi connectivity index (χ3v) is 5.73. The van der Waals surface area contributed by atoms with Gasteiger partial charge in [0, 0.05) is 55.8 Å². The Bertz CT molecular complexity index is 826. The molecule has 0 radical (unpaired) electrons. The Morgan fingerprint density at radius 1 is 1.23 bits per heavy atom. The molecule has 2 aliphatic heterocycles. The van der Waals surface area contributed by atoms with E-state index in [9.17, 15) is 9.59 Å². The minimum atomic E-state index is -0.0192. The summed E-state index contributed by atoms with van der Waals surface area (Å²) in [6.45, 7) is 7.68. The van der Waals surface area contributed by atoms with Gasteiger partial charge in [0.2, 0.25) is 11.8 Å². The predicted molar refractivity (Wildman–Crippen MR) is 115 cm³/mol. The number of nitrogens with one attached hydrogen (secondary N) is 1. The van der Waals surface area contributed by atoms with Crippen LogP contribution in [0.5, 0.6) is 11.5 Å². The molecule has 2 fully saturated rings. The molecule has 1 saturated heterocycles. The van der Waals surface area contributed by atoms with Gasteiger partial charge in [0.25, 0.3) is 0 Å². The minimum Gasteiger partial charge on any atom is -0.493 e. The second-order valence-electron chi connectivity index (χ2n) is 8.34. The van der Waals surface area contributed by atoms with Crippen molar-refractivity contribution in [3.63, 3.8) is 0 Å². The fourth-order valence-corrected chi connectivity index (χ4v) is 3.96. The zero-order chi connectivity index (χ0) is 21.1. The number of carbonyl (C=O) groups is 2. The lowest BCUT2D eigenvalue weighted by Crippen LogP contribution is -2.51. The van der Waals surface area contributed by atoms with Gasteiger partial charge in [-0.2, -0.15) is 0 Å². The van der Waals surface area contributed by atoms with Crippen LogP contribution >= 0.6 is 0 Å². The molecule has 0 spiro atoms. The highest BCUT2D eigenvalue weighted by atomic mass is 16.5. The molecule has 30 heavy (non-hydrogen) atoms. The Labute approximate surface area is 178 Å². The maximum Gasteiger partial charge on any atom is 0.246 e. The van der Waals surface area contributed by atoms with E-state index in [1.54, 1.807) is 6.08 Å². The monoisotopic (exact) mass is 413 g/mol. The first kappa shape index (κ1) is 20.7. The molecule has 1 aromatic carbocycles. The molecule has 2 heterocycles. The van der Waals surface area contributed by atoms with E-state index >= 15 is 0 Å². The molecule has 0 bridgehead atoms. The lowest BCUT2D eigenvalue weighted by molar-refractivity contribution is -0.128. The normalized spacial score (nSPS) is 21.4. The fourth-order valence-electron chi connectivity index (χ4n) is 3.96. The van der Waals surface area contributed by atoms with Crippen molar-refractivity contribution < 1.29 is 19.1 Å². The van der Waals surface area contributed by atoms with Crippen molar-refractivity contribution in [2.75, 3.05) is 39.3 Å². The Hall–Kier alpha value is -2.54. The molecule has 2 amide bonds. The van der Waals surface area contributed by atoms with Gasteiger partial charge in [-0.3, -0.25) is 14.5 Å². The van der Waals surface area contributed by atoms with E-state index in [0.717, 1.165) is 41.9 Å². The van der Waals surface area contributed by atoms with Gasteiger partial charge in [-0.25, -0.2) is 0 Å². The van der Waals surface area contributed by atoms with Gasteiger partial charge in [0.05, 0.1) is 13.2 Å². The summed E-state index contributed by atoms with van der Waals surface area (Å²) in [6.07, 6.45) is 6.66. The van der Waals surface area contributed by atoms with E-state index in [1.807, 2.05) is 30.0 Å². The van der Waals surface area contributed by atoms with E-state index in [4.69, 9.17) is 9.47 Å². The van der Waals surface area contributed by atoms with Gasteiger partial charge in [0.1, 0.15) is 17.6 Å². The van der Waals surface area contributed by atoms with Crippen LogP contribution in [0.3, 0.4) is 0 Å². The molecular formula is C23H31N3O4. The van der Waals surface area contributed by atoms with Gasteiger partial charge in [0.15, 0.2) is 0 Å². The lowest BCUT2D eigenvalue weighted by atomic mass is 10.1. The maximum absolute atomic E-state index is 12.7. The quantitative estimate of drug-likeness (QED) is 0.691. The number of ether oxygens (including phenoxy) is 2. The van der Waals surface area contributed by atoms with Crippen LogP contribution in [0.1, 0.15) is 37.8 Å². The number of piperazine rings is 1. The largest absolute Gasteiger partial charge is 0.493 e. The van der Waals surface area contributed by atoms with Gasteiger partial charge < -0.3 is 19.7 Å². The van der Waals surface area contributed by atoms with Crippen molar-refractivity contribution in [3.8, 4) is 11.5 Å². The third-order valence-electron chi connectivity index (χ3n) is 5.73. The highest BCUT2D eigenvalue weighted by Crippen LogP contribution is 2.35. The van der Waals surface area contributed by atoms with Gasteiger partial charge in [-0.05, 0) is 44.9 Å². The average Bonchev–Trinajstić information content (AvgIpc) is 3.45. The highest BCUT2D eigenvalue weighted by molar-refractivity contribution is 5.92. The summed E-state index contributed by atoms with van der Waals surface area (Å²) in [4.78, 5) is 28.6. The van der Waals surface area contributed by atoms with Crippen LogP contribution in [-0.2, 0) is 16.0 Å². The van der Waals surface area contributed by atoms with Crippen molar-refractivity contribution in [2.45, 2.75) is 45.3 Å². The Balaban J connectivity index is 1.33. The van der Waals surface area contributed by atoms with Crippen molar-refractivity contribution in [1.29, 1.82) is 0 Å². The fraction of sp³-hybridized carbons (Fsp3) is 0.565. The number of fused-ring (bicyclic) bond motifs is 1. The summed E-state index contributed by atoms with van der Waals surface area (Å²) >= 11 is 0. The molecule has 3 aliphatic rings. The first-order valence-electron chi connectivity index (χ1n) is 11.0. The number of hydrogen-bond donors (Lipinski definition) is 1. The smallest absolute Gasteiger partial charge is 0.246 e. The van der Waals surface area contributed by atoms with Crippen LogP contribution in [0.25, 0.3) is 6.08 Å². The number of hydrogen-bond acceptors (Lipinski definition) is 5. The Morgan fingerprint density at radius 2 is 2.00 bits per heavy atom. The van der Waals surface area contributed by atoms with Crippen molar-refractivity contribution >= 4 is 17.9 Å². The average molecular weight is 414 g/mol. The zero-order valence-electron chi connectivity index (χ0n) is 17.9. The molecule has 1 unspecified atom stereocenters. The number of carbonyl (C=O) groups excluding carboxylic acids is 2. The molecule has 1 atom stereocenters. The van der Waals surface area contributed by atoms with E-state index in [-0.39, 0.29) is 17.9 Å². The summed E-state index contributed by atoms with van der Waals surface area (Å²) in [7, 11) is 0. The molecule has 1 N–H and O–H groups in total. The SMILES string of the molecule is CCOc1cc2c(cc1/C=C/C(=O)N1CCN(CC(=O)NC3CC3)CC1)OC(C)C2. The standard InChI is InChI=1S/C23H31N3O4/c1-3-29-20-14-18-12-16(2)30-21(18)13-17(20)4-7-23(28)26-10-8-25(9-11-26)15-22(27)24-19-5-6-19/h4,7,13-14,16,19H,3,5-6,8-12,15H2,1-2H3,(H,24,27)/b7-4+. The van der Waals surface area contributed by atoms with E-state index in [1.165, 1.54) is 0 Å². The molecule has 1 aliphatic carbocycles. The molecule has 162 valence electrons. The molecule has 1 saturated carbocycles. The first-order chi connectivity index (χ1) is 14.5. The Kier molecular flexibility index (Phi) is 6.27. The summed E-state index contributed by atoms with van der Waals surface area (Å²) in [5.41, 5.74) is 2.00. The summed E-state index contributed by atoms with van der Waals surface area (Å²) in [5, 5.41) is 3.02. The summed E-state index contributed by atoms with van der Waals surface area (Å²) < 4.78 is 11.6. The predicted octanol–water partition coefficient (Wildman–Crippen LogP) is 1.84. The van der Waals surface area contributed by atoms with Crippen molar-refractivity contribution in [2.24, 2.45) is 0 Å². The first-order valence-corrected chi connectivity index (χ1v) is 11.0. The maximum atomic E-state index is 12.7. The van der Waals surface area contributed by atoms with Crippen LogP contribution < -0.4 is 14.8 Å². The lowest BCUT2D eigenvalue weighted by Gasteiger charge is -2.33.